The molecule has 0 spiro atoms. The highest BCUT2D eigenvalue weighted by atomic mass is 32.2. The average molecular weight is 375 g/mol. The highest BCUT2D eigenvalue weighted by Gasteiger charge is 2.20. The Hall–Kier alpha value is -2.28. The van der Waals surface area contributed by atoms with Crippen LogP contribution < -0.4 is 17.0 Å². The third-order valence-electron chi connectivity index (χ3n) is 4.02. The number of carbonyl (C=O) groups is 1. The number of aromatic nitrogens is 2. The first-order valence-electron chi connectivity index (χ1n) is 8.48. The predicted molar refractivity (Wildman–Crippen MR) is 106 cm³/mol. The first kappa shape index (κ1) is 20.0. The number of Topliss-reactive ketones (excluding diaryl/α,β-unsaturated/α-hetero) is 1. The van der Waals surface area contributed by atoms with Crippen LogP contribution in [0.15, 0.2) is 26.6 Å². The van der Waals surface area contributed by atoms with Crippen molar-refractivity contribution in [2.45, 2.75) is 46.1 Å². The Morgan fingerprint density at radius 1 is 1.19 bits per heavy atom. The summed E-state index contributed by atoms with van der Waals surface area (Å²) in [5.74, 6) is -0.213. The number of aryl methyl sites for hydroxylation is 3. The molecule has 140 valence electrons. The van der Waals surface area contributed by atoms with Gasteiger partial charge < -0.3 is 5.73 Å². The van der Waals surface area contributed by atoms with Crippen LogP contribution in [-0.2, 0) is 6.54 Å². The molecule has 0 atom stereocenters. The van der Waals surface area contributed by atoms with E-state index in [1.807, 2.05) is 34.6 Å². The van der Waals surface area contributed by atoms with Gasteiger partial charge >= 0.3 is 5.69 Å². The fourth-order valence-corrected chi connectivity index (χ4v) is 4.00. The van der Waals surface area contributed by atoms with Crippen molar-refractivity contribution < 1.29 is 4.79 Å². The highest BCUT2D eigenvalue weighted by Crippen LogP contribution is 2.28. The topological polar surface area (TPSA) is 97.9 Å². The highest BCUT2D eigenvalue weighted by molar-refractivity contribution is 8.00. The molecule has 0 amide bonds. The molecule has 0 saturated heterocycles. The zero-order chi connectivity index (χ0) is 19.6. The molecule has 6 nitrogen and oxygen atoms in total. The SMILES string of the molecule is Cc1cc(C)c(SCC(=O)c2c(N)n(CC(C)C)c(=O)[nH]c2=O)c(C)c1. The van der Waals surface area contributed by atoms with Gasteiger partial charge in [0.15, 0.2) is 5.78 Å². The summed E-state index contributed by atoms with van der Waals surface area (Å²) in [7, 11) is 0. The number of nitrogens with two attached hydrogens (primary N) is 1. The Labute approximate surface area is 156 Å². The first-order chi connectivity index (χ1) is 12.1. The number of rotatable bonds is 6. The maximum atomic E-state index is 12.7. The molecule has 3 N–H and O–H groups in total. The van der Waals surface area contributed by atoms with Gasteiger partial charge in [-0.1, -0.05) is 31.5 Å². The summed E-state index contributed by atoms with van der Waals surface area (Å²) < 4.78 is 1.26. The zero-order valence-corrected chi connectivity index (χ0v) is 16.6. The minimum absolute atomic E-state index is 0.0598. The number of ketones is 1. The smallest absolute Gasteiger partial charge is 0.329 e. The van der Waals surface area contributed by atoms with Crippen LogP contribution >= 0.6 is 11.8 Å². The predicted octanol–water partition coefficient (Wildman–Crippen LogP) is 2.68. The molecule has 2 aromatic rings. The van der Waals surface area contributed by atoms with Crippen LogP contribution in [0.1, 0.15) is 40.9 Å². The lowest BCUT2D eigenvalue weighted by atomic mass is 10.1. The molecule has 0 radical (unpaired) electrons. The standard InChI is InChI=1S/C19H25N3O3S/c1-10(2)8-22-17(20)15(18(24)21-19(22)25)14(23)9-26-16-12(4)6-11(3)7-13(16)5/h6-7,10H,8-9,20H2,1-5H3,(H,21,24,25). The normalized spacial score (nSPS) is 11.2. The lowest BCUT2D eigenvalue weighted by molar-refractivity contribution is 0.102. The van der Waals surface area contributed by atoms with Crippen molar-refractivity contribution in [3.05, 3.63) is 55.2 Å². The fourth-order valence-electron chi connectivity index (χ4n) is 3.01. The van der Waals surface area contributed by atoms with Crippen molar-refractivity contribution in [1.82, 2.24) is 9.55 Å². The number of thioether (sulfide) groups is 1. The van der Waals surface area contributed by atoms with E-state index in [0.29, 0.717) is 6.54 Å². The van der Waals surface area contributed by atoms with E-state index >= 15 is 0 Å². The summed E-state index contributed by atoms with van der Waals surface area (Å²) in [5.41, 5.74) is 7.89. The largest absolute Gasteiger partial charge is 0.384 e. The van der Waals surface area contributed by atoms with Crippen LogP contribution in [0.5, 0.6) is 0 Å². The van der Waals surface area contributed by atoms with Gasteiger partial charge in [0.05, 0.1) is 5.75 Å². The van der Waals surface area contributed by atoms with Gasteiger partial charge in [0.1, 0.15) is 11.4 Å². The number of nitrogen functional groups attached to an aromatic ring is 1. The summed E-state index contributed by atoms with van der Waals surface area (Å²) in [6, 6.07) is 4.12. The molecule has 1 heterocycles. The third kappa shape index (κ3) is 4.27. The van der Waals surface area contributed by atoms with Gasteiger partial charge in [0, 0.05) is 11.4 Å². The van der Waals surface area contributed by atoms with Crippen LogP contribution in [0, 0.1) is 26.7 Å². The molecule has 0 saturated carbocycles. The summed E-state index contributed by atoms with van der Waals surface area (Å²) in [4.78, 5) is 40.0. The van der Waals surface area contributed by atoms with E-state index in [1.165, 1.54) is 16.3 Å². The molecular weight excluding hydrogens is 350 g/mol. The molecular formula is C19H25N3O3S. The van der Waals surface area contributed by atoms with E-state index in [-0.39, 0.29) is 28.8 Å². The Bertz CT molecular complexity index is 934. The number of H-pyrrole nitrogens is 1. The van der Waals surface area contributed by atoms with Crippen LogP contribution in [0.4, 0.5) is 5.82 Å². The molecule has 0 aliphatic rings. The number of aromatic amines is 1. The minimum atomic E-state index is -0.726. The number of hydrogen-bond acceptors (Lipinski definition) is 5. The van der Waals surface area contributed by atoms with E-state index in [0.717, 1.165) is 21.6 Å². The minimum Gasteiger partial charge on any atom is -0.384 e. The van der Waals surface area contributed by atoms with Crippen molar-refractivity contribution in [2.75, 3.05) is 11.5 Å². The summed E-state index contributed by atoms with van der Waals surface area (Å²) in [6.07, 6.45) is 0. The second-order valence-corrected chi connectivity index (χ2v) is 7.95. The quantitative estimate of drug-likeness (QED) is 0.597. The Kier molecular flexibility index (Phi) is 6.13. The van der Waals surface area contributed by atoms with Crippen molar-refractivity contribution in [2.24, 2.45) is 5.92 Å². The van der Waals surface area contributed by atoms with E-state index in [9.17, 15) is 14.4 Å². The van der Waals surface area contributed by atoms with E-state index in [1.54, 1.807) is 0 Å². The average Bonchev–Trinajstić information content (AvgIpc) is 2.50. The molecule has 26 heavy (non-hydrogen) atoms. The fraction of sp³-hybridized carbons (Fsp3) is 0.421. The lowest BCUT2D eigenvalue weighted by Gasteiger charge is -2.14. The Balaban J connectivity index is 2.33. The number of benzene rings is 1. The zero-order valence-electron chi connectivity index (χ0n) is 15.8. The molecule has 1 aromatic carbocycles. The molecule has 0 bridgehead atoms. The van der Waals surface area contributed by atoms with E-state index in [2.05, 4.69) is 17.1 Å². The maximum Gasteiger partial charge on any atom is 0.329 e. The van der Waals surface area contributed by atoms with Gasteiger partial charge in [-0.15, -0.1) is 11.8 Å². The summed E-state index contributed by atoms with van der Waals surface area (Å²) >= 11 is 1.38. The lowest BCUT2D eigenvalue weighted by Crippen LogP contribution is -2.37. The summed E-state index contributed by atoms with van der Waals surface area (Å²) in [5, 5.41) is 0. The van der Waals surface area contributed by atoms with Crippen LogP contribution in [0.2, 0.25) is 0 Å². The van der Waals surface area contributed by atoms with Crippen LogP contribution in [-0.4, -0.2) is 21.1 Å². The molecule has 1 aromatic heterocycles. The van der Waals surface area contributed by atoms with Crippen molar-refractivity contribution in [3.8, 4) is 0 Å². The third-order valence-corrected chi connectivity index (χ3v) is 5.36. The molecule has 0 aliphatic heterocycles. The van der Waals surface area contributed by atoms with E-state index in [4.69, 9.17) is 5.73 Å². The van der Waals surface area contributed by atoms with Crippen LogP contribution in [0.3, 0.4) is 0 Å². The maximum absolute atomic E-state index is 12.7. The number of carbonyl (C=O) groups excluding carboxylic acids is 1. The molecule has 0 unspecified atom stereocenters. The monoisotopic (exact) mass is 375 g/mol. The van der Waals surface area contributed by atoms with E-state index < -0.39 is 11.2 Å². The second kappa shape index (κ2) is 7.95. The first-order valence-corrected chi connectivity index (χ1v) is 9.46. The number of nitrogens with one attached hydrogen (secondary N) is 1. The van der Waals surface area contributed by atoms with Gasteiger partial charge in [-0.2, -0.15) is 0 Å². The van der Waals surface area contributed by atoms with Crippen molar-refractivity contribution in [3.63, 3.8) is 0 Å². The van der Waals surface area contributed by atoms with Gasteiger partial charge in [0.25, 0.3) is 5.56 Å². The summed E-state index contributed by atoms with van der Waals surface area (Å²) in [6.45, 7) is 10.2. The Morgan fingerprint density at radius 2 is 1.77 bits per heavy atom. The van der Waals surface area contributed by atoms with Crippen LogP contribution in [0.25, 0.3) is 0 Å². The number of hydrogen-bond donors (Lipinski definition) is 2. The van der Waals surface area contributed by atoms with Gasteiger partial charge in [0.2, 0.25) is 0 Å². The van der Waals surface area contributed by atoms with Gasteiger partial charge in [-0.25, -0.2) is 4.79 Å². The Morgan fingerprint density at radius 3 is 2.31 bits per heavy atom. The molecule has 7 heteroatoms. The van der Waals surface area contributed by atoms with Crippen molar-refractivity contribution >= 4 is 23.4 Å². The molecule has 0 fully saturated rings. The van der Waals surface area contributed by atoms with Gasteiger partial charge in [-0.3, -0.25) is 19.1 Å². The second-order valence-electron chi connectivity index (χ2n) is 6.96. The molecule has 0 aliphatic carbocycles. The molecule has 2 rings (SSSR count). The van der Waals surface area contributed by atoms with Crippen molar-refractivity contribution in [1.29, 1.82) is 0 Å². The van der Waals surface area contributed by atoms with Gasteiger partial charge in [-0.05, 0) is 37.8 Å². The number of nitrogens with zero attached hydrogens (tertiary/aromatic N) is 1. The number of anilines is 1.